The summed E-state index contributed by atoms with van der Waals surface area (Å²) in [6.07, 6.45) is 3.73. The van der Waals surface area contributed by atoms with E-state index in [1.54, 1.807) is 22.7 Å². The van der Waals surface area contributed by atoms with Crippen LogP contribution in [0.3, 0.4) is 0 Å². The molecule has 0 radical (unpaired) electrons. The van der Waals surface area contributed by atoms with Crippen LogP contribution in [-0.4, -0.2) is 27.2 Å². The molecule has 1 aromatic heterocycles. The van der Waals surface area contributed by atoms with Crippen LogP contribution in [0, 0.1) is 0 Å². The third kappa shape index (κ3) is 2.49. The van der Waals surface area contributed by atoms with Crippen molar-refractivity contribution in [1.82, 2.24) is 14.8 Å². The van der Waals surface area contributed by atoms with E-state index in [1.165, 1.54) is 0 Å². The summed E-state index contributed by atoms with van der Waals surface area (Å²) in [5, 5.41) is 5.04. The second kappa shape index (κ2) is 4.94. The van der Waals surface area contributed by atoms with Gasteiger partial charge in [-0.3, -0.25) is 0 Å². The summed E-state index contributed by atoms with van der Waals surface area (Å²) in [5.41, 5.74) is 1.04. The van der Waals surface area contributed by atoms with Gasteiger partial charge < -0.3 is 0 Å². The summed E-state index contributed by atoms with van der Waals surface area (Å²) in [5.74, 6) is 0.496. The van der Waals surface area contributed by atoms with Crippen molar-refractivity contribution in [2.75, 3.05) is 6.26 Å². The maximum absolute atomic E-state index is 4.26. The van der Waals surface area contributed by atoms with E-state index in [4.69, 9.17) is 0 Å². The van der Waals surface area contributed by atoms with Gasteiger partial charge in [0, 0.05) is 13.3 Å². The van der Waals surface area contributed by atoms with Crippen molar-refractivity contribution in [3.8, 4) is 0 Å². The van der Waals surface area contributed by atoms with Gasteiger partial charge in [0.05, 0.1) is 0 Å². The first-order valence-corrected chi connectivity index (χ1v) is 6.06. The Balaban J connectivity index is 2.18. The first-order chi connectivity index (χ1) is 7.79. The summed E-state index contributed by atoms with van der Waals surface area (Å²) in [6, 6.07) is 9.90. The number of thioether (sulfide) groups is 1. The highest BCUT2D eigenvalue weighted by molar-refractivity contribution is 7.98. The van der Waals surface area contributed by atoms with E-state index in [1.807, 2.05) is 43.6 Å². The zero-order valence-corrected chi connectivity index (χ0v) is 9.98. The largest absolute Gasteiger partial charge is 0.269 e. The number of aliphatic imine (C=N–C) groups is 1. The molecule has 82 valence electrons. The van der Waals surface area contributed by atoms with Crippen LogP contribution in [0.15, 0.2) is 40.5 Å². The Labute approximate surface area is 98.4 Å². The number of rotatable bonds is 3. The van der Waals surface area contributed by atoms with Gasteiger partial charge in [0.25, 0.3) is 5.95 Å². The SMILES string of the molecule is CSc1nc(/N=C/c2ccccc2)nn1C. The van der Waals surface area contributed by atoms with E-state index in [0.29, 0.717) is 5.95 Å². The summed E-state index contributed by atoms with van der Waals surface area (Å²) in [4.78, 5) is 8.48. The van der Waals surface area contributed by atoms with Gasteiger partial charge in [0.2, 0.25) is 0 Å². The monoisotopic (exact) mass is 232 g/mol. The lowest BCUT2D eigenvalue weighted by Gasteiger charge is -1.89. The minimum atomic E-state index is 0.496. The molecule has 2 rings (SSSR count). The molecule has 0 amide bonds. The number of aryl methyl sites for hydroxylation is 1. The van der Waals surface area contributed by atoms with E-state index in [2.05, 4.69) is 15.1 Å². The molecule has 0 atom stereocenters. The Morgan fingerprint density at radius 1 is 1.31 bits per heavy atom. The fourth-order valence-corrected chi connectivity index (χ4v) is 1.74. The Kier molecular flexibility index (Phi) is 3.36. The predicted octanol–water partition coefficient (Wildman–Crippen LogP) is 2.29. The Bertz CT molecular complexity index is 490. The van der Waals surface area contributed by atoms with Crippen LogP contribution < -0.4 is 0 Å². The molecule has 0 saturated carbocycles. The molecule has 0 N–H and O–H groups in total. The summed E-state index contributed by atoms with van der Waals surface area (Å²) in [6.45, 7) is 0. The fourth-order valence-electron chi connectivity index (χ4n) is 1.26. The van der Waals surface area contributed by atoms with E-state index in [-0.39, 0.29) is 0 Å². The molecular weight excluding hydrogens is 220 g/mol. The molecule has 4 nitrogen and oxygen atoms in total. The van der Waals surface area contributed by atoms with Crippen molar-refractivity contribution >= 4 is 23.9 Å². The lowest BCUT2D eigenvalue weighted by Crippen LogP contribution is -1.91. The molecule has 1 heterocycles. The number of hydrogen-bond donors (Lipinski definition) is 0. The van der Waals surface area contributed by atoms with Crippen LogP contribution in [0.25, 0.3) is 0 Å². The molecule has 0 aliphatic carbocycles. The van der Waals surface area contributed by atoms with Crippen molar-refractivity contribution < 1.29 is 0 Å². The van der Waals surface area contributed by atoms with Crippen LogP contribution in [-0.2, 0) is 7.05 Å². The van der Waals surface area contributed by atoms with E-state index in [0.717, 1.165) is 10.7 Å². The standard InChI is InChI=1S/C11H12N4S/c1-15-11(16-2)13-10(14-15)12-8-9-6-4-3-5-7-9/h3-8H,1-2H3/b12-8+. The van der Waals surface area contributed by atoms with E-state index in [9.17, 15) is 0 Å². The minimum Gasteiger partial charge on any atom is -0.242 e. The Hall–Kier alpha value is -1.62. The molecular formula is C11H12N4S. The second-order valence-corrected chi connectivity index (χ2v) is 3.96. The van der Waals surface area contributed by atoms with Crippen molar-refractivity contribution in [1.29, 1.82) is 0 Å². The molecule has 0 fully saturated rings. The topological polar surface area (TPSA) is 43.1 Å². The van der Waals surface area contributed by atoms with Gasteiger partial charge in [-0.2, -0.15) is 4.98 Å². The Morgan fingerprint density at radius 3 is 2.69 bits per heavy atom. The highest BCUT2D eigenvalue weighted by Gasteiger charge is 2.03. The zero-order chi connectivity index (χ0) is 11.4. The van der Waals surface area contributed by atoms with Crippen LogP contribution in [0.4, 0.5) is 5.95 Å². The molecule has 1 aromatic carbocycles. The smallest absolute Gasteiger partial charge is 0.242 e. The molecule has 0 spiro atoms. The van der Waals surface area contributed by atoms with E-state index < -0.39 is 0 Å². The molecule has 0 saturated heterocycles. The first-order valence-electron chi connectivity index (χ1n) is 4.84. The normalized spacial score (nSPS) is 11.1. The number of hydrogen-bond acceptors (Lipinski definition) is 4. The van der Waals surface area contributed by atoms with Crippen molar-refractivity contribution in [3.05, 3.63) is 35.9 Å². The summed E-state index contributed by atoms with van der Waals surface area (Å²) < 4.78 is 1.72. The average Bonchev–Trinajstić information content (AvgIpc) is 2.69. The van der Waals surface area contributed by atoms with Gasteiger partial charge in [-0.1, -0.05) is 42.1 Å². The average molecular weight is 232 g/mol. The maximum atomic E-state index is 4.26. The molecule has 0 aliphatic rings. The molecule has 0 unspecified atom stereocenters. The second-order valence-electron chi connectivity index (χ2n) is 3.19. The number of nitrogens with zero attached hydrogens (tertiary/aromatic N) is 4. The predicted molar refractivity (Wildman–Crippen MR) is 66.5 cm³/mol. The van der Waals surface area contributed by atoms with Crippen molar-refractivity contribution in [2.45, 2.75) is 5.16 Å². The minimum absolute atomic E-state index is 0.496. The highest BCUT2D eigenvalue weighted by Crippen LogP contribution is 2.14. The van der Waals surface area contributed by atoms with Crippen molar-refractivity contribution in [3.63, 3.8) is 0 Å². The highest BCUT2D eigenvalue weighted by atomic mass is 32.2. The van der Waals surface area contributed by atoms with Gasteiger partial charge in [0.15, 0.2) is 5.16 Å². The lowest BCUT2D eigenvalue weighted by molar-refractivity contribution is 0.686. The number of aromatic nitrogens is 3. The third-order valence-electron chi connectivity index (χ3n) is 2.02. The zero-order valence-electron chi connectivity index (χ0n) is 9.16. The Morgan fingerprint density at radius 2 is 2.06 bits per heavy atom. The lowest BCUT2D eigenvalue weighted by atomic mass is 10.2. The molecule has 16 heavy (non-hydrogen) atoms. The van der Waals surface area contributed by atoms with Crippen LogP contribution in [0.5, 0.6) is 0 Å². The maximum Gasteiger partial charge on any atom is 0.269 e. The quantitative estimate of drug-likeness (QED) is 0.602. The van der Waals surface area contributed by atoms with Gasteiger partial charge in [-0.05, 0) is 11.8 Å². The van der Waals surface area contributed by atoms with Gasteiger partial charge in [0.1, 0.15) is 0 Å². The van der Waals surface area contributed by atoms with Gasteiger partial charge in [-0.25, -0.2) is 9.67 Å². The molecule has 0 aliphatic heterocycles. The van der Waals surface area contributed by atoms with Gasteiger partial charge in [-0.15, -0.1) is 5.10 Å². The summed E-state index contributed by atoms with van der Waals surface area (Å²) >= 11 is 1.55. The van der Waals surface area contributed by atoms with Crippen LogP contribution in [0.1, 0.15) is 5.56 Å². The van der Waals surface area contributed by atoms with Crippen molar-refractivity contribution in [2.24, 2.45) is 12.0 Å². The number of benzene rings is 1. The van der Waals surface area contributed by atoms with Crippen LogP contribution >= 0.6 is 11.8 Å². The van der Waals surface area contributed by atoms with E-state index >= 15 is 0 Å². The third-order valence-corrected chi connectivity index (χ3v) is 2.74. The molecule has 5 heteroatoms. The fraction of sp³-hybridized carbons (Fsp3) is 0.182. The molecule has 2 aromatic rings. The molecule has 0 bridgehead atoms. The van der Waals surface area contributed by atoms with Crippen LogP contribution in [0.2, 0.25) is 0 Å². The summed E-state index contributed by atoms with van der Waals surface area (Å²) in [7, 11) is 1.86. The first kappa shape index (κ1) is 10.9. The van der Waals surface area contributed by atoms with Gasteiger partial charge >= 0.3 is 0 Å².